The highest BCUT2D eigenvalue weighted by Crippen LogP contribution is 2.42. The van der Waals surface area contributed by atoms with Crippen molar-refractivity contribution in [1.82, 2.24) is 0 Å². The molecule has 0 aliphatic heterocycles. The molecule has 1 fully saturated rings. The van der Waals surface area contributed by atoms with Crippen LogP contribution in [0.2, 0.25) is 0 Å². The van der Waals surface area contributed by atoms with Gasteiger partial charge >= 0.3 is 0 Å². The summed E-state index contributed by atoms with van der Waals surface area (Å²) >= 11 is 1.90. The highest BCUT2D eigenvalue weighted by Gasteiger charge is 2.32. The van der Waals surface area contributed by atoms with Gasteiger partial charge in [-0.1, -0.05) is 19.9 Å². The summed E-state index contributed by atoms with van der Waals surface area (Å²) in [6, 6.07) is 4.87. The van der Waals surface area contributed by atoms with Gasteiger partial charge in [0, 0.05) is 10.9 Å². The molecule has 15 heavy (non-hydrogen) atoms. The van der Waals surface area contributed by atoms with Crippen LogP contribution in [0, 0.1) is 11.8 Å². The summed E-state index contributed by atoms with van der Waals surface area (Å²) in [5, 5.41) is 2.19. The van der Waals surface area contributed by atoms with Gasteiger partial charge in [0.05, 0.1) is 0 Å². The van der Waals surface area contributed by atoms with Gasteiger partial charge in [-0.25, -0.2) is 0 Å². The quantitative estimate of drug-likeness (QED) is 0.814. The third-order valence-electron chi connectivity index (χ3n) is 3.71. The Bertz CT molecular complexity index is 291. The van der Waals surface area contributed by atoms with Crippen LogP contribution < -0.4 is 5.73 Å². The summed E-state index contributed by atoms with van der Waals surface area (Å²) in [7, 11) is 0. The first kappa shape index (κ1) is 11.2. The molecule has 1 nitrogen and oxygen atoms in total. The van der Waals surface area contributed by atoms with Gasteiger partial charge in [0.2, 0.25) is 0 Å². The van der Waals surface area contributed by atoms with Crippen LogP contribution in [-0.4, -0.2) is 6.04 Å². The van der Waals surface area contributed by atoms with Crippen molar-refractivity contribution in [1.29, 1.82) is 0 Å². The first-order chi connectivity index (χ1) is 7.18. The van der Waals surface area contributed by atoms with Crippen molar-refractivity contribution in [2.45, 2.75) is 45.1 Å². The predicted molar refractivity (Wildman–Crippen MR) is 67.2 cm³/mol. The van der Waals surface area contributed by atoms with Crippen LogP contribution >= 0.6 is 11.3 Å². The molecule has 0 radical (unpaired) electrons. The highest BCUT2D eigenvalue weighted by atomic mass is 32.1. The molecule has 2 rings (SSSR count). The molecular weight excluding hydrogens is 202 g/mol. The summed E-state index contributed by atoms with van der Waals surface area (Å²) in [6.07, 6.45) is 3.70. The molecule has 0 bridgehead atoms. The molecule has 0 aromatic carbocycles. The maximum Gasteiger partial charge on any atom is 0.00796 e. The lowest BCUT2D eigenvalue weighted by molar-refractivity contribution is 0.223. The molecule has 1 saturated carbocycles. The summed E-state index contributed by atoms with van der Waals surface area (Å²) in [6.45, 7) is 4.70. The maximum absolute atomic E-state index is 6.10. The van der Waals surface area contributed by atoms with Crippen molar-refractivity contribution in [3.05, 3.63) is 22.4 Å². The number of rotatable bonds is 2. The van der Waals surface area contributed by atoms with Crippen molar-refractivity contribution >= 4 is 11.3 Å². The fraction of sp³-hybridized carbons (Fsp3) is 0.692. The summed E-state index contributed by atoms with van der Waals surface area (Å²) < 4.78 is 0. The molecule has 0 amide bonds. The van der Waals surface area contributed by atoms with Crippen LogP contribution in [0.3, 0.4) is 0 Å². The normalized spacial score (nSPS) is 32.1. The molecule has 1 aliphatic carbocycles. The van der Waals surface area contributed by atoms with Crippen LogP contribution in [0.1, 0.15) is 43.9 Å². The van der Waals surface area contributed by atoms with Gasteiger partial charge in [0.1, 0.15) is 0 Å². The fourth-order valence-corrected chi connectivity index (χ4v) is 3.77. The van der Waals surface area contributed by atoms with E-state index in [0.29, 0.717) is 12.0 Å². The Morgan fingerprint density at radius 2 is 2.20 bits per heavy atom. The highest BCUT2D eigenvalue weighted by molar-refractivity contribution is 7.10. The van der Waals surface area contributed by atoms with Gasteiger partial charge in [-0.3, -0.25) is 0 Å². The van der Waals surface area contributed by atoms with Crippen LogP contribution in [0.25, 0.3) is 0 Å². The SMILES string of the molecule is CC(C)C1CCC(N)CC1c1cccs1. The van der Waals surface area contributed by atoms with Crippen LogP contribution in [0.5, 0.6) is 0 Å². The van der Waals surface area contributed by atoms with Gasteiger partial charge in [-0.15, -0.1) is 11.3 Å². The molecular formula is C13H21NS. The fourth-order valence-electron chi connectivity index (χ4n) is 2.85. The molecule has 0 saturated heterocycles. The lowest BCUT2D eigenvalue weighted by Gasteiger charge is -2.36. The van der Waals surface area contributed by atoms with E-state index in [1.54, 1.807) is 4.88 Å². The Balaban J connectivity index is 2.17. The average molecular weight is 223 g/mol. The zero-order valence-electron chi connectivity index (χ0n) is 9.65. The van der Waals surface area contributed by atoms with E-state index in [4.69, 9.17) is 5.73 Å². The Morgan fingerprint density at radius 3 is 2.80 bits per heavy atom. The third kappa shape index (κ3) is 2.43. The van der Waals surface area contributed by atoms with Crippen LogP contribution in [0.15, 0.2) is 17.5 Å². The van der Waals surface area contributed by atoms with Crippen LogP contribution in [-0.2, 0) is 0 Å². The molecule has 0 spiro atoms. The van der Waals surface area contributed by atoms with E-state index in [0.717, 1.165) is 11.8 Å². The number of hydrogen-bond acceptors (Lipinski definition) is 2. The van der Waals surface area contributed by atoms with Crippen LogP contribution in [0.4, 0.5) is 0 Å². The van der Waals surface area contributed by atoms with Crippen molar-refractivity contribution in [2.24, 2.45) is 17.6 Å². The molecule has 84 valence electrons. The minimum Gasteiger partial charge on any atom is -0.328 e. The zero-order valence-corrected chi connectivity index (χ0v) is 10.5. The van der Waals surface area contributed by atoms with Gasteiger partial charge in [0.15, 0.2) is 0 Å². The molecule has 1 aromatic heterocycles. The molecule has 1 aliphatic rings. The second kappa shape index (κ2) is 4.67. The first-order valence-electron chi connectivity index (χ1n) is 5.97. The maximum atomic E-state index is 6.10. The van der Waals surface area contributed by atoms with E-state index < -0.39 is 0 Å². The summed E-state index contributed by atoms with van der Waals surface area (Å²) in [5.74, 6) is 2.33. The molecule has 2 heteroatoms. The van der Waals surface area contributed by atoms with Crippen molar-refractivity contribution in [3.63, 3.8) is 0 Å². The second-order valence-electron chi connectivity index (χ2n) is 5.10. The second-order valence-corrected chi connectivity index (χ2v) is 6.08. The lowest BCUT2D eigenvalue weighted by Crippen LogP contribution is -2.33. The van der Waals surface area contributed by atoms with Gasteiger partial charge in [-0.05, 0) is 48.5 Å². The molecule has 2 N–H and O–H groups in total. The molecule has 1 heterocycles. The standard InChI is InChI=1S/C13H21NS/c1-9(2)11-6-5-10(14)8-12(11)13-4-3-7-15-13/h3-4,7,9-12H,5-6,8,14H2,1-2H3. The Morgan fingerprint density at radius 1 is 1.40 bits per heavy atom. The van der Waals surface area contributed by atoms with Gasteiger partial charge in [-0.2, -0.15) is 0 Å². The molecule has 3 unspecified atom stereocenters. The zero-order chi connectivity index (χ0) is 10.8. The predicted octanol–water partition coefficient (Wildman–Crippen LogP) is 3.62. The number of hydrogen-bond donors (Lipinski definition) is 1. The van der Waals surface area contributed by atoms with E-state index in [-0.39, 0.29) is 0 Å². The summed E-state index contributed by atoms with van der Waals surface area (Å²) in [4.78, 5) is 1.55. The number of thiophene rings is 1. The average Bonchev–Trinajstić information content (AvgIpc) is 2.69. The van der Waals surface area contributed by atoms with Crippen molar-refractivity contribution < 1.29 is 0 Å². The third-order valence-corrected chi connectivity index (χ3v) is 4.71. The number of nitrogens with two attached hydrogens (primary N) is 1. The van der Waals surface area contributed by atoms with Gasteiger partial charge < -0.3 is 5.73 Å². The van der Waals surface area contributed by atoms with E-state index >= 15 is 0 Å². The van der Waals surface area contributed by atoms with Crippen molar-refractivity contribution in [3.8, 4) is 0 Å². The largest absolute Gasteiger partial charge is 0.328 e. The smallest absolute Gasteiger partial charge is 0.00796 e. The lowest BCUT2D eigenvalue weighted by atomic mass is 9.71. The van der Waals surface area contributed by atoms with E-state index in [9.17, 15) is 0 Å². The minimum absolute atomic E-state index is 0.423. The first-order valence-corrected chi connectivity index (χ1v) is 6.85. The van der Waals surface area contributed by atoms with E-state index in [2.05, 4.69) is 31.4 Å². The Labute approximate surface area is 96.7 Å². The van der Waals surface area contributed by atoms with E-state index in [1.165, 1.54) is 19.3 Å². The Kier molecular flexibility index (Phi) is 3.47. The summed E-state index contributed by atoms with van der Waals surface area (Å²) in [5.41, 5.74) is 6.10. The molecule has 1 aromatic rings. The van der Waals surface area contributed by atoms with E-state index in [1.807, 2.05) is 11.3 Å². The monoisotopic (exact) mass is 223 g/mol. The molecule has 3 atom stereocenters. The Hall–Kier alpha value is -0.340. The van der Waals surface area contributed by atoms with Gasteiger partial charge in [0.25, 0.3) is 0 Å². The van der Waals surface area contributed by atoms with Crippen molar-refractivity contribution in [2.75, 3.05) is 0 Å². The minimum atomic E-state index is 0.423. The topological polar surface area (TPSA) is 26.0 Å².